The number of aliphatic imine (C=N–C) groups is 1. The summed E-state index contributed by atoms with van der Waals surface area (Å²) < 4.78 is 0. The molecule has 1 fully saturated rings. The summed E-state index contributed by atoms with van der Waals surface area (Å²) in [5.74, 6) is 0.778. The Morgan fingerprint density at radius 2 is 1.89 bits per heavy atom. The van der Waals surface area contributed by atoms with E-state index < -0.39 is 5.97 Å². The second-order valence-electron chi connectivity index (χ2n) is 11.2. The molecular weight excluding hydrogens is 498 g/mol. The van der Waals surface area contributed by atoms with Crippen molar-refractivity contribution in [1.29, 1.82) is 0 Å². The highest BCUT2D eigenvalue weighted by Crippen LogP contribution is 2.35. The molecule has 0 saturated carbocycles. The minimum absolute atomic E-state index is 0.0558. The van der Waals surface area contributed by atoms with E-state index in [9.17, 15) is 14.7 Å². The van der Waals surface area contributed by atoms with E-state index in [1.807, 2.05) is 0 Å². The van der Waals surface area contributed by atoms with E-state index in [-0.39, 0.29) is 17.1 Å². The Morgan fingerprint density at radius 1 is 1.13 bits per heavy atom. The molecule has 9 heteroatoms. The fraction of sp³-hybridized carbons (Fsp3) is 0.448. The third-order valence-corrected chi connectivity index (χ3v) is 8.83. The number of Topliss-reactive ketones (excluding diaryl/α,β-unsaturated/α-hetero) is 1. The second kappa shape index (κ2) is 10.4. The highest BCUT2D eigenvalue weighted by Gasteiger charge is 2.30. The Bertz CT molecular complexity index is 1410. The highest BCUT2D eigenvalue weighted by molar-refractivity contribution is 7.13. The summed E-state index contributed by atoms with van der Waals surface area (Å²) in [5.41, 5.74) is 5.10. The van der Waals surface area contributed by atoms with Gasteiger partial charge in [-0.1, -0.05) is 32.9 Å². The largest absolute Gasteiger partial charge is 0.481 e. The lowest BCUT2D eigenvalue weighted by Crippen LogP contribution is -2.40. The number of nitrogens with zero attached hydrogens (tertiary/aromatic N) is 5. The molecule has 3 aromatic rings. The molecule has 0 radical (unpaired) electrons. The molecule has 0 spiro atoms. The molecule has 0 amide bonds. The number of piperidine rings is 1. The number of hydrogen-bond donors (Lipinski definition) is 1. The standard InChI is InChI=1S/C29H33N5O3S/c1-17-13-20(6-5-18(17)7-8-22(35)23-15-30-28(38-23)29(2,3)4)25-21-14-24(33-26(21)32-16-31-25)34-11-9-19(10-12-34)27(36)37/h5-6,13,15-16,19H,7-12,14H2,1-4H3,(H,36,37). The van der Waals surface area contributed by atoms with E-state index in [4.69, 9.17) is 4.99 Å². The van der Waals surface area contributed by atoms with Crippen LogP contribution in [0.25, 0.3) is 11.3 Å². The van der Waals surface area contributed by atoms with E-state index in [0.717, 1.165) is 43.7 Å². The number of aliphatic carboxylic acids is 1. The summed E-state index contributed by atoms with van der Waals surface area (Å²) in [5, 5.41) is 10.3. The molecule has 0 unspecified atom stereocenters. The first-order valence-corrected chi connectivity index (χ1v) is 13.9. The van der Waals surface area contributed by atoms with E-state index >= 15 is 0 Å². The fourth-order valence-electron chi connectivity index (χ4n) is 5.04. The number of amidine groups is 1. The van der Waals surface area contributed by atoms with Crippen LogP contribution in [0.2, 0.25) is 0 Å². The Hall–Kier alpha value is -3.46. The lowest BCUT2D eigenvalue weighted by atomic mass is 9.95. The highest BCUT2D eigenvalue weighted by atomic mass is 32.1. The van der Waals surface area contributed by atoms with Gasteiger partial charge in [0.25, 0.3) is 0 Å². The zero-order chi connectivity index (χ0) is 27.0. The van der Waals surface area contributed by atoms with Gasteiger partial charge >= 0.3 is 5.97 Å². The number of carbonyl (C=O) groups is 2. The predicted molar refractivity (Wildman–Crippen MR) is 148 cm³/mol. The van der Waals surface area contributed by atoms with Gasteiger partial charge in [0.1, 0.15) is 12.2 Å². The monoisotopic (exact) mass is 531 g/mol. The number of rotatable bonds is 6. The van der Waals surface area contributed by atoms with Crippen molar-refractivity contribution in [3.05, 3.63) is 57.3 Å². The Morgan fingerprint density at radius 3 is 2.55 bits per heavy atom. The third kappa shape index (κ3) is 5.38. The molecule has 0 atom stereocenters. The predicted octanol–water partition coefficient (Wildman–Crippen LogP) is 5.40. The van der Waals surface area contributed by atoms with Crippen LogP contribution in [-0.4, -0.2) is 55.6 Å². The smallest absolute Gasteiger partial charge is 0.306 e. The summed E-state index contributed by atoms with van der Waals surface area (Å²) in [6.07, 6.45) is 6.30. The number of carboxylic acid groups (broad SMARTS) is 1. The van der Waals surface area contributed by atoms with Crippen molar-refractivity contribution in [2.24, 2.45) is 10.9 Å². The Kier molecular flexibility index (Phi) is 7.13. The molecule has 2 aliphatic heterocycles. The van der Waals surface area contributed by atoms with Crippen LogP contribution >= 0.6 is 11.3 Å². The van der Waals surface area contributed by atoms with Gasteiger partial charge in [-0.25, -0.2) is 19.9 Å². The van der Waals surface area contributed by atoms with Gasteiger partial charge in [0.15, 0.2) is 11.6 Å². The summed E-state index contributed by atoms with van der Waals surface area (Å²) in [6, 6.07) is 6.28. The zero-order valence-corrected chi connectivity index (χ0v) is 23.1. The molecule has 198 valence electrons. The molecule has 38 heavy (non-hydrogen) atoms. The van der Waals surface area contributed by atoms with E-state index in [2.05, 4.69) is 65.7 Å². The molecule has 2 aromatic heterocycles. The zero-order valence-electron chi connectivity index (χ0n) is 22.3. The first-order chi connectivity index (χ1) is 18.1. The van der Waals surface area contributed by atoms with E-state index in [1.54, 1.807) is 12.5 Å². The number of hydrogen-bond acceptors (Lipinski definition) is 8. The fourth-order valence-corrected chi connectivity index (χ4v) is 5.98. The van der Waals surface area contributed by atoms with Crippen LogP contribution < -0.4 is 0 Å². The number of fused-ring (bicyclic) bond motifs is 1. The number of aryl methyl sites for hydroxylation is 2. The van der Waals surface area contributed by atoms with Crippen LogP contribution in [0.5, 0.6) is 0 Å². The molecule has 2 aliphatic rings. The van der Waals surface area contributed by atoms with E-state index in [1.165, 1.54) is 11.3 Å². The quantitative estimate of drug-likeness (QED) is 0.424. The van der Waals surface area contributed by atoms with Crippen LogP contribution in [0.3, 0.4) is 0 Å². The summed E-state index contributed by atoms with van der Waals surface area (Å²) >= 11 is 1.49. The third-order valence-electron chi connectivity index (χ3n) is 7.36. The number of ketones is 1. The van der Waals surface area contributed by atoms with Crippen LogP contribution in [0.15, 0.2) is 35.7 Å². The van der Waals surface area contributed by atoms with Crippen molar-refractivity contribution in [1.82, 2.24) is 19.9 Å². The van der Waals surface area contributed by atoms with Crippen molar-refractivity contribution in [3.63, 3.8) is 0 Å². The number of likely N-dealkylation sites (tertiary alicyclic amines) is 1. The molecule has 0 bridgehead atoms. The lowest BCUT2D eigenvalue weighted by Gasteiger charge is -2.31. The van der Waals surface area contributed by atoms with Gasteiger partial charge in [0.05, 0.1) is 21.5 Å². The summed E-state index contributed by atoms with van der Waals surface area (Å²) in [4.78, 5) is 45.2. The molecule has 1 aromatic carbocycles. The first kappa shape index (κ1) is 26.2. The molecular formula is C29H33N5O3S. The van der Waals surface area contributed by atoms with Crippen molar-refractivity contribution < 1.29 is 14.7 Å². The Labute approximate surface area is 226 Å². The van der Waals surface area contributed by atoms with Gasteiger partial charge in [-0.2, -0.15) is 0 Å². The number of carbonyl (C=O) groups excluding carboxylic acids is 1. The van der Waals surface area contributed by atoms with Gasteiger partial charge in [-0.15, -0.1) is 11.3 Å². The second-order valence-corrected chi connectivity index (χ2v) is 12.2. The van der Waals surface area contributed by atoms with Gasteiger partial charge in [-0.3, -0.25) is 9.59 Å². The van der Waals surface area contributed by atoms with Crippen molar-refractivity contribution in [2.45, 2.75) is 65.2 Å². The average molecular weight is 532 g/mol. The van der Waals surface area contributed by atoms with Crippen LogP contribution in [0.1, 0.15) is 71.4 Å². The molecule has 1 saturated heterocycles. The molecule has 5 rings (SSSR count). The summed E-state index contributed by atoms with van der Waals surface area (Å²) in [7, 11) is 0. The normalized spacial score (nSPS) is 15.9. The molecule has 8 nitrogen and oxygen atoms in total. The van der Waals surface area contributed by atoms with Gasteiger partial charge in [0, 0.05) is 48.7 Å². The lowest BCUT2D eigenvalue weighted by molar-refractivity contribution is -0.143. The van der Waals surface area contributed by atoms with Crippen molar-refractivity contribution in [2.75, 3.05) is 13.1 Å². The number of aromatic nitrogens is 3. The maximum absolute atomic E-state index is 12.8. The first-order valence-electron chi connectivity index (χ1n) is 13.1. The Balaban J connectivity index is 1.26. The SMILES string of the molecule is Cc1cc(-c2ncnc3c2CC(N2CCC(C(=O)O)CC2)=N3)ccc1CCC(=O)c1cnc(C(C)(C)C)s1. The van der Waals surface area contributed by atoms with Crippen LogP contribution in [0, 0.1) is 12.8 Å². The molecule has 1 N–H and O–H groups in total. The maximum atomic E-state index is 12.8. The minimum atomic E-state index is -0.712. The van der Waals surface area contributed by atoms with Gasteiger partial charge in [-0.05, 0) is 43.4 Å². The maximum Gasteiger partial charge on any atom is 0.306 e. The average Bonchev–Trinajstić information content (AvgIpc) is 3.56. The van der Waals surface area contributed by atoms with Crippen LogP contribution in [-0.2, 0) is 23.1 Å². The van der Waals surface area contributed by atoms with E-state index in [0.29, 0.717) is 51.0 Å². The number of thiazole rings is 1. The van der Waals surface area contributed by atoms with Crippen LogP contribution in [0.4, 0.5) is 5.82 Å². The number of benzene rings is 1. The molecule has 4 heterocycles. The topological polar surface area (TPSA) is 109 Å². The van der Waals surface area contributed by atoms with Crippen molar-refractivity contribution in [3.8, 4) is 11.3 Å². The van der Waals surface area contributed by atoms with Gasteiger partial charge in [0.2, 0.25) is 0 Å². The minimum Gasteiger partial charge on any atom is -0.481 e. The number of carboxylic acids is 1. The van der Waals surface area contributed by atoms with Crippen molar-refractivity contribution >= 4 is 34.7 Å². The molecule has 0 aliphatic carbocycles. The summed E-state index contributed by atoms with van der Waals surface area (Å²) in [6.45, 7) is 9.78. The van der Waals surface area contributed by atoms with Gasteiger partial charge < -0.3 is 10.0 Å².